The fourth-order valence-electron chi connectivity index (χ4n) is 4.93. The minimum Gasteiger partial charge on any atom is -0.496 e. The van der Waals surface area contributed by atoms with E-state index in [2.05, 4.69) is 36.1 Å². The Morgan fingerprint density at radius 1 is 0.825 bits per heavy atom. The zero-order valence-electron chi connectivity index (χ0n) is 22.2. The topological polar surface area (TPSA) is 96.4 Å². The van der Waals surface area contributed by atoms with Gasteiger partial charge in [-0.25, -0.2) is 9.97 Å². The monoisotopic (exact) mass is 531 g/mol. The number of aromatic nitrogens is 4. The van der Waals surface area contributed by atoms with Crippen LogP contribution in [0.5, 0.6) is 5.75 Å². The van der Waals surface area contributed by atoms with Gasteiger partial charge in [0.2, 0.25) is 5.91 Å². The Kier molecular flexibility index (Phi) is 7.17. The summed E-state index contributed by atoms with van der Waals surface area (Å²) in [6, 6.07) is 21.5. The standard InChI is InChI=1S/C31H29N7O2/c1-40-28-5-3-2-4-24(28)19-31(39)35-25-9-6-22(7-10-25)23-8-11-26-27(18-23)36-30(21-34-26)38-16-14-37(15-17-38)29-20-32-12-13-33-29/h2-13,18,20-21H,14-17,19H2,1H3,(H,35,39). The molecule has 6 rings (SSSR count). The Balaban J connectivity index is 1.13. The van der Waals surface area contributed by atoms with Crippen LogP contribution in [-0.2, 0) is 11.2 Å². The molecule has 3 aromatic carbocycles. The first-order chi connectivity index (χ1) is 19.7. The summed E-state index contributed by atoms with van der Waals surface area (Å²) in [5.74, 6) is 2.39. The molecule has 0 radical (unpaired) electrons. The summed E-state index contributed by atoms with van der Waals surface area (Å²) in [5.41, 5.74) is 5.37. The van der Waals surface area contributed by atoms with Crippen molar-refractivity contribution in [3.05, 3.63) is 97.1 Å². The lowest BCUT2D eigenvalue weighted by Gasteiger charge is -2.35. The summed E-state index contributed by atoms with van der Waals surface area (Å²) in [6.07, 6.45) is 7.31. The zero-order chi connectivity index (χ0) is 27.3. The number of hydrogen-bond donors (Lipinski definition) is 1. The van der Waals surface area contributed by atoms with Crippen LogP contribution in [0.15, 0.2) is 91.5 Å². The highest BCUT2D eigenvalue weighted by Crippen LogP contribution is 2.26. The number of para-hydroxylation sites is 1. The predicted molar refractivity (Wildman–Crippen MR) is 157 cm³/mol. The summed E-state index contributed by atoms with van der Waals surface area (Å²) < 4.78 is 5.36. The number of methoxy groups -OCH3 is 1. The van der Waals surface area contributed by atoms with Crippen molar-refractivity contribution in [1.82, 2.24) is 19.9 Å². The number of nitrogens with one attached hydrogen (secondary N) is 1. The van der Waals surface area contributed by atoms with Crippen molar-refractivity contribution in [3.63, 3.8) is 0 Å². The Morgan fingerprint density at radius 2 is 1.57 bits per heavy atom. The number of anilines is 3. The van der Waals surface area contributed by atoms with Crippen LogP contribution in [0.4, 0.5) is 17.3 Å². The number of ether oxygens (including phenoxy) is 1. The van der Waals surface area contributed by atoms with Crippen LogP contribution in [0.25, 0.3) is 22.2 Å². The minimum absolute atomic E-state index is 0.0942. The fraction of sp³-hybridized carbons (Fsp3) is 0.194. The third-order valence-electron chi connectivity index (χ3n) is 7.05. The highest BCUT2D eigenvalue weighted by molar-refractivity contribution is 5.93. The average molecular weight is 532 g/mol. The second-order valence-electron chi connectivity index (χ2n) is 9.58. The van der Waals surface area contributed by atoms with E-state index in [1.54, 1.807) is 25.7 Å². The van der Waals surface area contributed by atoms with E-state index in [0.29, 0.717) is 5.75 Å². The predicted octanol–water partition coefficient (Wildman–Crippen LogP) is 4.60. The van der Waals surface area contributed by atoms with Gasteiger partial charge >= 0.3 is 0 Å². The molecule has 9 nitrogen and oxygen atoms in total. The van der Waals surface area contributed by atoms with Crippen LogP contribution >= 0.6 is 0 Å². The van der Waals surface area contributed by atoms with E-state index < -0.39 is 0 Å². The number of piperazine rings is 1. The molecule has 0 atom stereocenters. The Hall–Kier alpha value is -5.05. The third-order valence-corrected chi connectivity index (χ3v) is 7.05. The van der Waals surface area contributed by atoms with Gasteiger partial charge in [0.1, 0.15) is 17.4 Å². The van der Waals surface area contributed by atoms with Crippen LogP contribution in [-0.4, -0.2) is 59.1 Å². The summed E-state index contributed by atoms with van der Waals surface area (Å²) in [7, 11) is 1.61. The summed E-state index contributed by atoms with van der Waals surface area (Å²) >= 11 is 0. The van der Waals surface area contributed by atoms with Gasteiger partial charge in [-0.15, -0.1) is 0 Å². The van der Waals surface area contributed by atoms with E-state index >= 15 is 0 Å². The SMILES string of the molecule is COc1ccccc1CC(=O)Nc1ccc(-c2ccc3ncc(N4CCN(c5cnccn5)CC4)nc3c2)cc1. The highest BCUT2D eigenvalue weighted by Gasteiger charge is 2.20. The Bertz CT molecular complexity index is 1620. The highest BCUT2D eigenvalue weighted by atomic mass is 16.5. The molecule has 1 amide bonds. The molecule has 1 aliphatic rings. The molecule has 5 aromatic rings. The second kappa shape index (κ2) is 11.4. The van der Waals surface area contributed by atoms with E-state index in [-0.39, 0.29) is 12.3 Å². The van der Waals surface area contributed by atoms with Gasteiger partial charge in [0, 0.05) is 49.8 Å². The molecule has 1 N–H and O–H groups in total. The molecule has 1 saturated heterocycles. The number of amides is 1. The van der Waals surface area contributed by atoms with E-state index in [1.807, 2.05) is 66.9 Å². The van der Waals surface area contributed by atoms with Crippen LogP contribution in [0, 0.1) is 0 Å². The Morgan fingerprint density at radius 3 is 2.33 bits per heavy atom. The quantitative estimate of drug-likeness (QED) is 0.326. The van der Waals surface area contributed by atoms with Crippen LogP contribution in [0.1, 0.15) is 5.56 Å². The second-order valence-corrected chi connectivity index (χ2v) is 9.58. The maximum Gasteiger partial charge on any atom is 0.228 e. The van der Waals surface area contributed by atoms with E-state index in [0.717, 1.165) is 71.2 Å². The summed E-state index contributed by atoms with van der Waals surface area (Å²) in [5, 5.41) is 2.97. The van der Waals surface area contributed by atoms with Crippen molar-refractivity contribution in [3.8, 4) is 16.9 Å². The van der Waals surface area contributed by atoms with Gasteiger partial charge in [-0.2, -0.15) is 0 Å². The number of fused-ring (bicyclic) bond motifs is 1. The maximum absolute atomic E-state index is 12.6. The molecule has 1 aliphatic heterocycles. The van der Waals surface area contributed by atoms with Gasteiger partial charge in [-0.3, -0.25) is 14.8 Å². The van der Waals surface area contributed by atoms with Gasteiger partial charge < -0.3 is 19.9 Å². The molecule has 9 heteroatoms. The lowest BCUT2D eigenvalue weighted by molar-refractivity contribution is -0.115. The molecular weight excluding hydrogens is 502 g/mol. The summed E-state index contributed by atoms with van der Waals surface area (Å²) in [6.45, 7) is 3.36. The third kappa shape index (κ3) is 5.54. The number of benzene rings is 3. The van der Waals surface area contributed by atoms with Gasteiger partial charge in [0.05, 0.1) is 37.0 Å². The smallest absolute Gasteiger partial charge is 0.228 e. The molecule has 0 unspecified atom stereocenters. The first-order valence-electron chi connectivity index (χ1n) is 13.2. The van der Waals surface area contributed by atoms with Crippen molar-refractivity contribution >= 4 is 34.3 Å². The molecule has 1 fully saturated rings. The Labute approximate surface area is 232 Å². The number of carbonyl (C=O) groups is 1. The van der Waals surface area contributed by atoms with E-state index in [4.69, 9.17) is 9.72 Å². The minimum atomic E-state index is -0.0942. The molecule has 200 valence electrons. The van der Waals surface area contributed by atoms with Crippen LogP contribution < -0.4 is 19.9 Å². The molecule has 40 heavy (non-hydrogen) atoms. The van der Waals surface area contributed by atoms with Crippen molar-refractivity contribution in [2.75, 3.05) is 48.4 Å². The van der Waals surface area contributed by atoms with Gasteiger partial charge in [0.15, 0.2) is 0 Å². The number of carbonyl (C=O) groups excluding carboxylic acids is 1. The fourth-order valence-corrected chi connectivity index (χ4v) is 4.93. The summed E-state index contributed by atoms with van der Waals surface area (Å²) in [4.78, 5) is 35.3. The van der Waals surface area contributed by atoms with Crippen LogP contribution in [0.2, 0.25) is 0 Å². The van der Waals surface area contributed by atoms with Crippen molar-refractivity contribution in [2.24, 2.45) is 0 Å². The van der Waals surface area contributed by atoms with Crippen molar-refractivity contribution in [1.29, 1.82) is 0 Å². The first kappa shape index (κ1) is 25.2. The molecule has 3 heterocycles. The molecular formula is C31H29N7O2. The largest absolute Gasteiger partial charge is 0.496 e. The number of rotatable bonds is 7. The molecule has 0 spiro atoms. The number of hydrogen-bond acceptors (Lipinski definition) is 8. The normalized spacial score (nSPS) is 13.3. The molecule has 0 saturated carbocycles. The zero-order valence-corrected chi connectivity index (χ0v) is 22.2. The maximum atomic E-state index is 12.6. The average Bonchev–Trinajstić information content (AvgIpc) is 3.01. The van der Waals surface area contributed by atoms with E-state index in [1.165, 1.54) is 0 Å². The van der Waals surface area contributed by atoms with Gasteiger partial charge in [-0.1, -0.05) is 36.4 Å². The molecule has 2 aromatic heterocycles. The molecule has 0 aliphatic carbocycles. The lowest BCUT2D eigenvalue weighted by Crippen LogP contribution is -2.47. The van der Waals surface area contributed by atoms with E-state index in [9.17, 15) is 4.79 Å². The van der Waals surface area contributed by atoms with Gasteiger partial charge in [0.25, 0.3) is 0 Å². The number of nitrogens with zero attached hydrogens (tertiary/aromatic N) is 6. The lowest BCUT2D eigenvalue weighted by atomic mass is 10.0. The van der Waals surface area contributed by atoms with Crippen LogP contribution in [0.3, 0.4) is 0 Å². The first-order valence-corrected chi connectivity index (χ1v) is 13.2. The van der Waals surface area contributed by atoms with Crippen molar-refractivity contribution in [2.45, 2.75) is 6.42 Å². The van der Waals surface area contributed by atoms with Gasteiger partial charge in [-0.05, 0) is 41.5 Å². The molecule has 0 bridgehead atoms. The van der Waals surface area contributed by atoms with Crippen molar-refractivity contribution < 1.29 is 9.53 Å².